The number of ether oxygens (including phenoxy) is 3. The fourth-order valence-corrected chi connectivity index (χ4v) is 4.55. The van der Waals surface area contributed by atoms with Gasteiger partial charge in [-0.15, -0.1) is 0 Å². The number of carboxylic acids is 1. The van der Waals surface area contributed by atoms with Gasteiger partial charge in [0, 0.05) is 41.5 Å². The summed E-state index contributed by atoms with van der Waals surface area (Å²) in [6.45, 7) is 0.291. The number of carbonyl (C=O) groups excluding carboxylic acids is 2. The lowest BCUT2D eigenvalue weighted by atomic mass is 10.0. The summed E-state index contributed by atoms with van der Waals surface area (Å²) in [6.07, 6.45) is 3.23. The molecule has 4 aromatic rings. The van der Waals surface area contributed by atoms with Crippen LogP contribution in [0.25, 0.3) is 10.9 Å². The number of carbonyl (C=O) groups is 3. The molecule has 13 heteroatoms. The van der Waals surface area contributed by atoms with Gasteiger partial charge in [0.25, 0.3) is 0 Å². The molecule has 1 saturated carbocycles. The van der Waals surface area contributed by atoms with Gasteiger partial charge in [0.05, 0.1) is 19.2 Å². The van der Waals surface area contributed by atoms with E-state index in [1.165, 1.54) is 49.7 Å². The lowest BCUT2D eigenvalue weighted by Crippen LogP contribution is -2.35. The summed E-state index contributed by atoms with van der Waals surface area (Å²) in [4.78, 5) is 40.8. The first-order valence-electron chi connectivity index (χ1n) is 13.9. The van der Waals surface area contributed by atoms with Crippen molar-refractivity contribution in [3.05, 3.63) is 78.5 Å². The third-order valence-corrected chi connectivity index (χ3v) is 7.16. The van der Waals surface area contributed by atoms with Crippen LogP contribution >= 0.6 is 0 Å². The lowest BCUT2D eigenvalue weighted by molar-refractivity contribution is -0.137. The third kappa shape index (κ3) is 7.97. The fraction of sp³-hybridized carbons (Fsp3) is 0.250. The lowest BCUT2D eigenvalue weighted by Gasteiger charge is -2.16. The zero-order valence-electron chi connectivity index (χ0n) is 23.7. The number of nitrogens with zero attached hydrogens (tertiary/aromatic N) is 1. The van der Waals surface area contributed by atoms with Gasteiger partial charge in [-0.2, -0.15) is 0 Å². The summed E-state index contributed by atoms with van der Waals surface area (Å²) >= 11 is 0. The maximum Gasteiger partial charge on any atom is 0.316 e. The summed E-state index contributed by atoms with van der Waals surface area (Å²) < 4.78 is 45.4. The molecule has 5 rings (SSSR count). The number of anilines is 2. The number of nitrogens with one attached hydrogen (secondary N) is 2. The number of benzene rings is 3. The molecule has 1 aliphatic carbocycles. The van der Waals surface area contributed by atoms with E-state index in [0.29, 0.717) is 66.1 Å². The van der Waals surface area contributed by atoms with Crippen LogP contribution < -0.4 is 24.8 Å². The predicted molar refractivity (Wildman–Crippen MR) is 166 cm³/mol. The van der Waals surface area contributed by atoms with Gasteiger partial charge < -0.3 is 30.0 Å². The monoisotopic (exact) mass is 631 g/mol. The normalized spacial score (nSPS) is 12.9. The number of fused-ring (bicyclic) bond motifs is 1. The molecule has 0 aliphatic heterocycles. The minimum Gasteiger partial charge on any atom is -0.493 e. The summed E-state index contributed by atoms with van der Waals surface area (Å²) in [6, 6.07) is 14.0. The molecule has 1 heterocycles. The van der Waals surface area contributed by atoms with E-state index in [0.717, 1.165) is 6.07 Å². The van der Waals surface area contributed by atoms with Crippen LogP contribution in [0.5, 0.6) is 23.0 Å². The van der Waals surface area contributed by atoms with Crippen molar-refractivity contribution in [2.24, 2.45) is 5.41 Å². The van der Waals surface area contributed by atoms with Crippen molar-refractivity contribution in [2.75, 3.05) is 24.4 Å². The van der Waals surface area contributed by atoms with Gasteiger partial charge in [0.2, 0.25) is 11.8 Å². The van der Waals surface area contributed by atoms with E-state index in [1.807, 2.05) is 0 Å². The van der Waals surface area contributed by atoms with Gasteiger partial charge in [-0.05, 0) is 74.2 Å². The molecule has 0 saturated heterocycles. The quantitative estimate of drug-likeness (QED) is 0.102. The Balaban J connectivity index is 0.00000461. The average Bonchev–Trinajstić information content (AvgIpc) is 3.82. The number of aromatic nitrogens is 1. The number of methoxy groups -OCH3 is 1. The molecule has 3 N–H and O–H groups in total. The zero-order chi connectivity index (χ0) is 31.3. The topological polar surface area (TPSA) is 136 Å². The summed E-state index contributed by atoms with van der Waals surface area (Å²) in [5, 5.41) is 14.5. The van der Waals surface area contributed by atoms with Crippen LogP contribution in [0.4, 0.5) is 20.2 Å². The number of hydrogen-bond donors (Lipinski definition) is 3. The molecule has 0 radical (unpaired) electrons. The van der Waals surface area contributed by atoms with Crippen LogP contribution in [0.1, 0.15) is 32.1 Å². The van der Waals surface area contributed by atoms with Crippen LogP contribution in [-0.4, -0.2) is 64.6 Å². The maximum absolute atomic E-state index is 15.2. The summed E-state index contributed by atoms with van der Waals surface area (Å²) in [5.74, 6) is -2.15. The zero-order valence-corrected chi connectivity index (χ0v) is 23.7. The predicted octanol–water partition coefficient (Wildman–Crippen LogP) is 5.39. The van der Waals surface area contributed by atoms with Crippen molar-refractivity contribution in [1.29, 1.82) is 0 Å². The Morgan fingerprint density at radius 3 is 2.20 bits per heavy atom. The number of hydrogen-bond acceptors (Lipinski definition) is 7. The van der Waals surface area contributed by atoms with Crippen LogP contribution in [0.15, 0.2) is 66.9 Å². The highest BCUT2D eigenvalue weighted by atomic mass is 24.3. The second-order valence-corrected chi connectivity index (χ2v) is 10.3. The first-order valence-corrected chi connectivity index (χ1v) is 13.9. The molecule has 0 bridgehead atoms. The first-order chi connectivity index (χ1) is 21.2. The molecular formula is C32H31F2MgN3O7. The molecule has 0 atom stereocenters. The number of amides is 2. The summed E-state index contributed by atoms with van der Waals surface area (Å²) in [5.41, 5.74) is -0.286. The molecule has 2 amide bonds. The maximum atomic E-state index is 15.2. The standard InChI is InChI=1S/C32H29F2N3O7.Mg.2H/c1-42-27-17-22-24(18-28(27)43-15-3-2-4-29(38)39)35-14-11-25(22)44-26-10-9-21(16-23(26)34)37-31(41)32(12-13-32)30(40)36-20-7-5-19(33)6-8-20;;;/h5-11,14,16-18H,2-4,12-13,15H2,1H3,(H,36,40)(H,37,41)(H,38,39);;;. The van der Waals surface area contributed by atoms with E-state index in [9.17, 15) is 18.8 Å². The van der Waals surface area contributed by atoms with Crippen LogP contribution in [0.3, 0.4) is 0 Å². The molecule has 232 valence electrons. The Morgan fingerprint density at radius 2 is 1.56 bits per heavy atom. The van der Waals surface area contributed by atoms with E-state index < -0.39 is 34.8 Å². The molecule has 45 heavy (non-hydrogen) atoms. The molecule has 10 nitrogen and oxygen atoms in total. The molecule has 1 aromatic heterocycles. The largest absolute Gasteiger partial charge is 0.493 e. The van der Waals surface area contributed by atoms with Crippen molar-refractivity contribution >= 4 is 63.1 Å². The summed E-state index contributed by atoms with van der Waals surface area (Å²) in [7, 11) is 1.47. The first kappa shape index (κ1) is 33.4. The smallest absolute Gasteiger partial charge is 0.316 e. The van der Waals surface area contributed by atoms with Gasteiger partial charge in [0.1, 0.15) is 17.0 Å². The second kappa shape index (κ2) is 14.5. The van der Waals surface area contributed by atoms with E-state index in [-0.39, 0.29) is 40.9 Å². The second-order valence-electron chi connectivity index (χ2n) is 10.3. The molecule has 0 unspecified atom stereocenters. The van der Waals surface area contributed by atoms with Crippen molar-refractivity contribution < 1.29 is 42.5 Å². The van der Waals surface area contributed by atoms with E-state index in [2.05, 4.69) is 15.6 Å². The fourth-order valence-electron chi connectivity index (χ4n) is 4.55. The number of rotatable bonds is 13. The molecule has 1 fully saturated rings. The van der Waals surface area contributed by atoms with Crippen LogP contribution in [-0.2, 0) is 14.4 Å². The van der Waals surface area contributed by atoms with Gasteiger partial charge in [0.15, 0.2) is 23.1 Å². The van der Waals surface area contributed by atoms with Gasteiger partial charge in [-0.25, -0.2) is 8.78 Å². The minimum atomic E-state index is -1.30. The van der Waals surface area contributed by atoms with Gasteiger partial charge in [-0.3, -0.25) is 19.4 Å². The highest BCUT2D eigenvalue weighted by molar-refractivity contribution is 6.16. The third-order valence-electron chi connectivity index (χ3n) is 7.16. The van der Waals surface area contributed by atoms with Crippen LogP contribution in [0, 0.1) is 17.0 Å². The Morgan fingerprint density at radius 1 is 0.867 bits per heavy atom. The number of aliphatic carboxylic acids is 1. The van der Waals surface area contributed by atoms with Crippen molar-refractivity contribution in [3.8, 4) is 23.0 Å². The molecule has 3 aromatic carbocycles. The highest BCUT2D eigenvalue weighted by Gasteiger charge is 2.56. The number of halogens is 2. The minimum absolute atomic E-state index is 0. The average molecular weight is 632 g/mol. The Kier molecular flexibility index (Phi) is 10.8. The number of unbranched alkanes of at least 4 members (excludes halogenated alkanes) is 1. The van der Waals surface area contributed by atoms with Gasteiger partial charge in [-0.1, -0.05) is 0 Å². The van der Waals surface area contributed by atoms with Crippen molar-refractivity contribution in [1.82, 2.24) is 4.98 Å². The SMILES string of the molecule is COc1cc2c(Oc3ccc(NC(=O)C4(C(=O)Nc5ccc(F)cc5)CC4)cc3F)ccnc2cc1OCCCCC(=O)O.[MgH2]. The Labute approximate surface area is 273 Å². The van der Waals surface area contributed by atoms with Crippen LogP contribution in [0.2, 0.25) is 0 Å². The molecule has 0 spiro atoms. The number of pyridine rings is 1. The van der Waals surface area contributed by atoms with E-state index in [4.69, 9.17) is 19.3 Å². The van der Waals surface area contributed by atoms with Gasteiger partial charge >= 0.3 is 29.0 Å². The Hall–Kier alpha value is -4.49. The molecule has 1 aliphatic rings. The van der Waals surface area contributed by atoms with Crippen molar-refractivity contribution in [2.45, 2.75) is 32.1 Å². The van der Waals surface area contributed by atoms with E-state index >= 15 is 4.39 Å². The van der Waals surface area contributed by atoms with Crippen molar-refractivity contribution in [3.63, 3.8) is 0 Å². The van der Waals surface area contributed by atoms with E-state index in [1.54, 1.807) is 18.2 Å². The molecular weight excluding hydrogens is 601 g/mol. The Bertz CT molecular complexity index is 1720. The highest BCUT2D eigenvalue weighted by Crippen LogP contribution is 2.47. The number of carboxylic acid groups (broad SMARTS) is 1.